The molecule has 1 aromatic rings. The molecular weight excluding hydrogens is 256 g/mol. The summed E-state index contributed by atoms with van der Waals surface area (Å²) < 4.78 is 0. The number of aliphatic carboxylic acids is 1. The Morgan fingerprint density at radius 2 is 2.30 bits per heavy atom. The summed E-state index contributed by atoms with van der Waals surface area (Å²) in [6.45, 7) is 2.20. The zero-order chi connectivity index (χ0) is 14.5. The summed E-state index contributed by atoms with van der Waals surface area (Å²) >= 11 is 0. The fraction of sp³-hybridized carbons (Fsp3) is 0.533. The number of likely N-dealkylation sites (tertiary alicyclic amines) is 1. The van der Waals surface area contributed by atoms with E-state index in [2.05, 4.69) is 4.90 Å². The van der Waals surface area contributed by atoms with Gasteiger partial charge < -0.3 is 20.8 Å². The van der Waals surface area contributed by atoms with Gasteiger partial charge in [-0.25, -0.2) is 0 Å². The van der Waals surface area contributed by atoms with Gasteiger partial charge in [0.1, 0.15) is 0 Å². The Hall–Kier alpha value is -1.59. The van der Waals surface area contributed by atoms with E-state index in [1.807, 2.05) is 12.1 Å². The summed E-state index contributed by atoms with van der Waals surface area (Å²) in [5, 5.41) is 19.2. The number of carboxylic acid groups (broad SMARTS) is 1. The predicted octanol–water partition coefficient (Wildman–Crippen LogP) is 1.49. The van der Waals surface area contributed by atoms with Gasteiger partial charge in [-0.3, -0.25) is 4.79 Å². The lowest BCUT2D eigenvalue weighted by atomic mass is 9.97. The maximum Gasteiger partial charge on any atom is 0.307 e. The molecule has 0 amide bonds. The number of nitrogens with zero attached hydrogens (tertiary/aromatic N) is 1. The number of piperidine rings is 1. The minimum atomic E-state index is -0.717. The van der Waals surface area contributed by atoms with Crippen molar-refractivity contribution in [1.82, 2.24) is 4.90 Å². The van der Waals surface area contributed by atoms with Gasteiger partial charge in [-0.15, -0.1) is 0 Å². The Balaban J connectivity index is 1.84. The molecule has 110 valence electrons. The van der Waals surface area contributed by atoms with E-state index < -0.39 is 12.1 Å². The van der Waals surface area contributed by atoms with Crippen LogP contribution < -0.4 is 5.73 Å². The van der Waals surface area contributed by atoms with E-state index in [0.29, 0.717) is 25.2 Å². The van der Waals surface area contributed by atoms with Crippen molar-refractivity contribution in [3.63, 3.8) is 0 Å². The molecule has 20 heavy (non-hydrogen) atoms. The molecule has 5 nitrogen and oxygen atoms in total. The molecule has 2 atom stereocenters. The van der Waals surface area contributed by atoms with Gasteiger partial charge in [-0.05, 0) is 43.5 Å². The van der Waals surface area contributed by atoms with Gasteiger partial charge in [-0.1, -0.05) is 12.1 Å². The second kappa shape index (κ2) is 6.72. The quantitative estimate of drug-likeness (QED) is 0.710. The van der Waals surface area contributed by atoms with Gasteiger partial charge in [0.25, 0.3) is 0 Å². The van der Waals surface area contributed by atoms with E-state index in [1.165, 1.54) is 0 Å². The summed E-state index contributed by atoms with van der Waals surface area (Å²) in [7, 11) is 0. The van der Waals surface area contributed by atoms with Crippen LogP contribution in [0.1, 0.15) is 30.9 Å². The average molecular weight is 278 g/mol. The molecule has 1 aliphatic heterocycles. The minimum Gasteiger partial charge on any atom is -0.481 e. The van der Waals surface area contributed by atoms with Crippen molar-refractivity contribution >= 4 is 11.7 Å². The highest BCUT2D eigenvalue weighted by atomic mass is 16.4. The number of carboxylic acids is 1. The molecule has 4 N–H and O–H groups in total. The van der Waals surface area contributed by atoms with Crippen LogP contribution in [0, 0.1) is 5.92 Å². The molecule has 1 aliphatic rings. The zero-order valence-corrected chi connectivity index (χ0v) is 11.5. The maximum absolute atomic E-state index is 11.0. The van der Waals surface area contributed by atoms with Crippen LogP contribution in [0.3, 0.4) is 0 Å². The third kappa shape index (κ3) is 3.95. The number of aliphatic hydroxyl groups is 1. The number of anilines is 1. The topological polar surface area (TPSA) is 86.8 Å². The van der Waals surface area contributed by atoms with Gasteiger partial charge in [0, 0.05) is 18.8 Å². The van der Waals surface area contributed by atoms with Crippen LogP contribution in [0.5, 0.6) is 0 Å². The number of aliphatic hydroxyl groups excluding tert-OH is 1. The van der Waals surface area contributed by atoms with Crippen molar-refractivity contribution in [2.45, 2.75) is 25.4 Å². The standard InChI is InChI=1S/C15H22N2O3/c16-13-5-1-3-11(9-13)14(18)6-8-17-7-2-4-12(10-17)15(19)20/h1,3,5,9,12,14,18H,2,4,6-8,10,16H2,(H,19,20). The number of nitrogens with two attached hydrogens (primary N) is 1. The van der Waals surface area contributed by atoms with E-state index in [9.17, 15) is 9.90 Å². The maximum atomic E-state index is 11.0. The van der Waals surface area contributed by atoms with E-state index >= 15 is 0 Å². The van der Waals surface area contributed by atoms with Crippen LogP contribution in [-0.2, 0) is 4.79 Å². The molecule has 0 radical (unpaired) electrons. The third-order valence-electron chi connectivity index (χ3n) is 3.87. The van der Waals surface area contributed by atoms with E-state index in [-0.39, 0.29) is 5.92 Å². The molecule has 0 bridgehead atoms. The zero-order valence-electron chi connectivity index (χ0n) is 11.5. The van der Waals surface area contributed by atoms with E-state index in [1.54, 1.807) is 12.1 Å². The number of hydrogen-bond acceptors (Lipinski definition) is 4. The van der Waals surface area contributed by atoms with Crippen molar-refractivity contribution < 1.29 is 15.0 Å². The molecule has 2 unspecified atom stereocenters. The Morgan fingerprint density at radius 1 is 1.50 bits per heavy atom. The van der Waals surface area contributed by atoms with Crippen LogP contribution in [0.2, 0.25) is 0 Å². The first-order chi connectivity index (χ1) is 9.56. The molecule has 0 aliphatic carbocycles. The Kier molecular flexibility index (Phi) is 4.98. The first-order valence-corrected chi connectivity index (χ1v) is 7.05. The SMILES string of the molecule is Nc1cccc(C(O)CCN2CCCC(C(=O)O)C2)c1. The van der Waals surface area contributed by atoms with E-state index in [4.69, 9.17) is 10.8 Å². The second-order valence-corrected chi connectivity index (χ2v) is 5.45. The first kappa shape index (κ1) is 14.8. The molecule has 0 aromatic heterocycles. The Morgan fingerprint density at radius 3 is 3.00 bits per heavy atom. The van der Waals surface area contributed by atoms with Gasteiger partial charge >= 0.3 is 5.97 Å². The first-order valence-electron chi connectivity index (χ1n) is 7.05. The summed E-state index contributed by atoms with van der Waals surface area (Å²) in [6, 6.07) is 7.26. The van der Waals surface area contributed by atoms with Gasteiger partial charge in [-0.2, -0.15) is 0 Å². The van der Waals surface area contributed by atoms with E-state index in [0.717, 1.165) is 24.9 Å². The largest absolute Gasteiger partial charge is 0.481 e. The second-order valence-electron chi connectivity index (χ2n) is 5.45. The van der Waals surface area contributed by atoms with Crippen molar-refractivity contribution in [2.24, 2.45) is 5.92 Å². The molecule has 0 spiro atoms. The Labute approximate surface area is 119 Å². The lowest BCUT2D eigenvalue weighted by Gasteiger charge is -2.31. The lowest BCUT2D eigenvalue weighted by Crippen LogP contribution is -2.39. The Bertz CT molecular complexity index is 464. The molecule has 1 aromatic carbocycles. The lowest BCUT2D eigenvalue weighted by molar-refractivity contribution is -0.143. The molecule has 1 heterocycles. The van der Waals surface area contributed by atoms with Gasteiger partial charge in [0.15, 0.2) is 0 Å². The number of hydrogen-bond donors (Lipinski definition) is 3. The number of nitrogen functional groups attached to an aromatic ring is 1. The number of benzene rings is 1. The number of rotatable bonds is 5. The smallest absolute Gasteiger partial charge is 0.307 e. The normalized spacial score (nSPS) is 21.6. The van der Waals surface area contributed by atoms with Crippen LogP contribution in [-0.4, -0.2) is 40.7 Å². The summed E-state index contributed by atoms with van der Waals surface area (Å²) in [6.07, 6.45) is 1.70. The van der Waals surface area contributed by atoms with Crippen LogP contribution >= 0.6 is 0 Å². The van der Waals surface area contributed by atoms with Crippen LogP contribution in [0.4, 0.5) is 5.69 Å². The third-order valence-corrected chi connectivity index (χ3v) is 3.87. The summed E-state index contributed by atoms with van der Waals surface area (Å²) in [5.41, 5.74) is 7.16. The minimum absolute atomic E-state index is 0.270. The number of carbonyl (C=O) groups is 1. The fourth-order valence-electron chi connectivity index (χ4n) is 2.70. The van der Waals surface area contributed by atoms with Gasteiger partial charge in [0.2, 0.25) is 0 Å². The highest BCUT2D eigenvalue weighted by Crippen LogP contribution is 2.21. The molecular formula is C15H22N2O3. The van der Waals surface area contributed by atoms with Crippen molar-refractivity contribution in [1.29, 1.82) is 0 Å². The highest BCUT2D eigenvalue weighted by Gasteiger charge is 2.25. The molecule has 1 fully saturated rings. The fourth-order valence-corrected chi connectivity index (χ4v) is 2.70. The van der Waals surface area contributed by atoms with Crippen LogP contribution in [0.25, 0.3) is 0 Å². The van der Waals surface area contributed by atoms with Crippen LogP contribution in [0.15, 0.2) is 24.3 Å². The van der Waals surface area contributed by atoms with Crippen molar-refractivity contribution in [2.75, 3.05) is 25.4 Å². The molecule has 5 heteroatoms. The summed E-state index contributed by atoms with van der Waals surface area (Å²) in [5.74, 6) is -0.987. The monoisotopic (exact) mass is 278 g/mol. The van der Waals surface area contributed by atoms with Crippen molar-refractivity contribution in [3.8, 4) is 0 Å². The average Bonchev–Trinajstić information content (AvgIpc) is 2.45. The highest BCUT2D eigenvalue weighted by molar-refractivity contribution is 5.70. The summed E-state index contributed by atoms with van der Waals surface area (Å²) in [4.78, 5) is 13.1. The predicted molar refractivity (Wildman–Crippen MR) is 77.2 cm³/mol. The molecule has 0 saturated carbocycles. The molecule has 1 saturated heterocycles. The van der Waals surface area contributed by atoms with Gasteiger partial charge in [0.05, 0.1) is 12.0 Å². The molecule has 2 rings (SSSR count). The van der Waals surface area contributed by atoms with Crippen molar-refractivity contribution in [3.05, 3.63) is 29.8 Å².